The number of ketones is 2. The fraction of sp³-hybridized carbons (Fsp3) is 0.727. The Morgan fingerprint density at radius 2 is 2.00 bits per heavy atom. The monoisotopic (exact) mass is 360 g/mol. The summed E-state index contributed by atoms with van der Waals surface area (Å²) < 4.78 is 16.8. The molecule has 4 aliphatic carbocycles. The molecule has 0 aromatic carbocycles. The van der Waals surface area contributed by atoms with Gasteiger partial charge in [0.05, 0.1) is 6.10 Å². The Balaban J connectivity index is 1.82. The zero-order valence-electron chi connectivity index (χ0n) is 16.1. The van der Waals surface area contributed by atoms with Crippen molar-refractivity contribution >= 4 is 11.6 Å². The van der Waals surface area contributed by atoms with Crippen LogP contribution in [0.2, 0.25) is 0 Å². The van der Waals surface area contributed by atoms with Crippen LogP contribution in [0.15, 0.2) is 23.8 Å². The number of hydrogen-bond acceptors (Lipinski definition) is 3. The molecule has 0 amide bonds. The van der Waals surface area contributed by atoms with E-state index in [0.717, 1.165) is 12.0 Å². The molecule has 0 spiro atoms. The summed E-state index contributed by atoms with van der Waals surface area (Å²) in [7, 11) is 0. The van der Waals surface area contributed by atoms with Crippen LogP contribution in [0.4, 0.5) is 4.39 Å². The number of halogens is 1. The topological polar surface area (TPSA) is 54.4 Å². The van der Waals surface area contributed by atoms with Crippen LogP contribution in [0.25, 0.3) is 0 Å². The highest BCUT2D eigenvalue weighted by Crippen LogP contribution is 2.69. The van der Waals surface area contributed by atoms with E-state index in [2.05, 4.69) is 13.8 Å². The van der Waals surface area contributed by atoms with Gasteiger partial charge in [0.15, 0.2) is 11.5 Å². The minimum Gasteiger partial charge on any atom is -0.390 e. The van der Waals surface area contributed by atoms with Crippen molar-refractivity contribution in [2.75, 3.05) is 0 Å². The average molecular weight is 360 g/mol. The number of Topliss-reactive ketones (excluding diaryl/α,β-unsaturated/α-hetero) is 1. The summed E-state index contributed by atoms with van der Waals surface area (Å²) in [5.41, 5.74) is -2.27. The van der Waals surface area contributed by atoms with E-state index in [9.17, 15) is 14.7 Å². The number of carbonyl (C=O) groups excluding carboxylic acids is 2. The molecule has 0 saturated heterocycles. The Hall–Kier alpha value is -1.29. The molecule has 4 rings (SSSR count). The predicted molar refractivity (Wildman–Crippen MR) is 97.1 cm³/mol. The van der Waals surface area contributed by atoms with Crippen LogP contribution in [-0.4, -0.2) is 28.4 Å². The summed E-state index contributed by atoms with van der Waals surface area (Å²) >= 11 is 0. The van der Waals surface area contributed by atoms with Crippen LogP contribution in [0, 0.1) is 34.5 Å². The number of fused-ring (bicyclic) bond motifs is 5. The molecule has 0 aromatic rings. The predicted octanol–water partition coefficient (Wildman–Crippen LogP) is 3.81. The second-order valence-corrected chi connectivity index (χ2v) is 9.65. The van der Waals surface area contributed by atoms with Gasteiger partial charge in [-0.05, 0) is 68.9 Å². The number of allylic oxidation sites excluding steroid dienone is 4. The van der Waals surface area contributed by atoms with Gasteiger partial charge in [-0.15, -0.1) is 0 Å². The number of aliphatic hydroxyl groups excluding tert-OH is 1. The molecule has 0 radical (unpaired) electrons. The molecule has 1 N–H and O–H groups in total. The first kappa shape index (κ1) is 18.1. The van der Waals surface area contributed by atoms with Crippen LogP contribution >= 0.6 is 0 Å². The van der Waals surface area contributed by atoms with Crippen molar-refractivity contribution in [2.24, 2.45) is 34.5 Å². The van der Waals surface area contributed by atoms with Gasteiger partial charge < -0.3 is 5.11 Å². The summed E-state index contributed by atoms with van der Waals surface area (Å²) in [6, 6.07) is 0. The maximum absolute atomic E-state index is 16.8. The number of hydrogen-bond donors (Lipinski definition) is 1. The minimum absolute atomic E-state index is 0.0872. The molecular weight excluding hydrogens is 331 g/mol. The molecule has 8 atom stereocenters. The third-order valence-corrected chi connectivity index (χ3v) is 8.42. The van der Waals surface area contributed by atoms with Crippen LogP contribution < -0.4 is 0 Å². The molecule has 0 bridgehead atoms. The zero-order valence-corrected chi connectivity index (χ0v) is 16.1. The lowest BCUT2D eigenvalue weighted by Crippen LogP contribution is -2.66. The van der Waals surface area contributed by atoms with Crippen LogP contribution in [-0.2, 0) is 9.59 Å². The van der Waals surface area contributed by atoms with Gasteiger partial charge in [0.25, 0.3) is 0 Å². The molecule has 4 aliphatic rings. The first-order chi connectivity index (χ1) is 12.1. The van der Waals surface area contributed by atoms with E-state index in [1.165, 1.54) is 6.08 Å². The fourth-order valence-corrected chi connectivity index (χ4v) is 7.44. The van der Waals surface area contributed by atoms with Crippen LogP contribution in [0.1, 0.15) is 53.4 Å². The third-order valence-electron chi connectivity index (χ3n) is 8.42. The highest BCUT2D eigenvalue weighted by atomic mass is 19.1. The number of alkyl halides is 1. The summed E-state index contributed by atoms with van der Waals surface area (Å²) in [5, 5.41) is 11.1. The summed E-state index contributed by atoms with van der Waals surface area (Å²) in [6.45, 7) is 7.65. The van der Waals surface area contributed by atoms with Crippen LogP contribution in [0.5, 0.6) is 0 Å². The fourth-order valence-electron chi connectivity index (χ4n) is 7.44. The Morgan fingerprint density at radius 1 is 1.31 bits per heavy atom. The van der Waals surface area contributed by atoms with E-state index in [1.807, 2.05) is 6.92 Å². The smallest absolute Gasteiger partial charge is 0.178 e. The lowest BCUT2D eigenvalue weighted by atomic mass is 9.45. The van der Waals surface area contributed by atoms with Gasteiger partial charge in [0.1, 0.15) is 5.78 Å². The number of aliphatic hydroxyl groups is 1. The maximum Gasteiger partial charge on any atom is 0.178 e. The highest BCUT2D eigenvalue weighted by Gasteiger charge is 2.71. The first-order valence-electron chi connectivity index (χ1n) is 9.87. The van der Waals surface area contributed by atoms with E-state index in [-0.39, 0.29) is 40.7 Å². The molecular formula is C22H29FO3. The molecule has 0 aliphatic heterocycles. The van der Waals surface area contributed by atoms with Crippen molar-refractivity contribution in [1.82, 2.24) is 0 Å². The number of rotatable bonds is 1. The van der Waals surface area contributed by atoms with Gasteiger partial charge in [0, 0.05) is 17.3 Å². The standard InChI is InChI=1S/C22H29FO3/c1-12-9-17-16-6-5-14-10-15(25)7-8-21(14,4)22(16,23)18(26)11-20(17,3)19(12)13(2)24/h7-8,10,12,16-19,26H,5-6,9,11H2,1-4H3/t12-,16-,17-,18-,19+,20-,21-,22-/m0/s1. The lowest BCUT2D eigenvalue weighted by Gasteiger charge is -2.61. The highest BCUT2D eigenvalue weighted by molar-refractivity contribution is 6.01. The van der Waals surface area contributed by atoms with E-state index in [1.54, 1.807) is 19.1 Å². The lowest BCUT2D eigenvalue weighted by molar-refractivity contribution is -0.195. The Kier molecular flexibility index (Phi) is 3.74. The van der Waals surface area contributed by atoms with Crippen molar-refractivity contribution < 1.29 is 19.1 Å². The maximum atomic E-state index is 16.8. The van der Waals surface area contributed by atoms with Gasteiger partial charge in [0.2, 0.25) is 0 Å². The van der Waals surface area contributed by atoms with Gasteiger partial charge in [-0.3, -0.25) is 9.59 Å². The van der Waals surface area contributed by atoms with Crippen molar-refractivity contribution in [3.05, 3.63) is 23.8 Å². The molecule has 26 heavy (non-hydrogen) atoms. The zero-order chi connectivity index (χ0) is 19.1. The molecule has 4 heteroatoms. The molecule has 3 saturated carbocycles. The van der Waals surface area contributed by atoms with Crippen molar-refractivity contribution in [3.8, 4) is 0 Å². The van der Waals surface area contributed by atoms with E-state index >= 15 is 4.39 Å². The average Bonchev–Trinajstić information content (AvgIpc) is 2.80. The molecule has 0 aromatic heterocycles. The second-order valence-electron chi connectivity index (χ2n) is 9.65. The normalized spacial score (nSPS) is 52.8. The molecule has 0 unspecified atom stereocenters. The molecule has 3 fully saturated rings. The Morgan fingerprint density at radius 3 is 2.65 bits per heavy atom. The van der Waals surface area contributed by atoms with E-state index < -0.39 is 17.2 Å². The molecule has 0 heterocycles. The summed E-state index contributed by atoms with van der Waals surface area (Å²) in [6.07, 6.45) is 6.02. The summed E-state index contributed by atoms with van der Waals surface area (Å²) in [5.74, 6) is -0.0370. The Bertz CT molecular complexity index is 740. The van der Waals surface area contributed by atoms with Gasteiger partial charge in [-0.2, -0.15) is 0 Å². The van der Waals surface area contributed by atoms with Gasteiger partial charge >= 0.3 is 0 Å². The Labute approximate surface area is 154 Å². The van der Waals surface area contributed by atoms with Crippen molar-refractivity contribution in [1.29, 1.82) is 0 Å². The quantitative estimate of drug-likeness (QED) is 0.774. The van der Waals surface area contributed by atoms with Crippen LogP contribution in [0.3, 0.4) is 0 Å². The third kappa shape index (κ3) is 1.97. The number of carbonyl (C=O) groups is 2. The van der Waals surface area contributed by atoms with Gasteiger partial charge in [-0.1, -0.05) is 25.5 Å². The van der Waals surface area contributed by atoms with Crippen molar-refractivity contribution in [3.63, 3.8) is 0 Å². The SMILES string of the molecule is CC(=O)[C@H]1[C@@H](C)C[C@H]2[C@@H]3CCC4=CC(=O)C=C[C@]4(C)[C@@]3(F)[C@@H](O)C[C@@]21C. The van der Waals surface area contributed by atoms with Gasteiger partial charge in [-0.25, -0.2) is 4.39 Å². The van der Waals surface area contributed by atoms with E-state index in [0.29, 0.717) is 19.3 Å². The first-order valence-corrected chi connectivity index (χ1v) is 9.87. The molecule has 142 valence electrons. The van der Waals surface area contributed by atoms with Crippen molar-refractivity contribution in [2.45, 2.75) is 65.2 Å². The molecule has 3 nitrogen and oxygen atoms in total. The summed E-state index contributed by atoms with van der Waals surface area (Å²) in [4.78, 5) is 24.2. The largest absolute Gasteiger partial charge is 0.390 e. The van der Waals surface area contributed by atoms with E-state index in [4.69, 9.17) is 0 Å². The second kappa shape index (κ2) is 5.37. The minimum atomic E-state index is -1.79.